The lowest BCUT2D eigenvalue weighted by molar-refractivity contribution is -0.376. The summed E-state index contributed by atoms with van der Waals surface area (Å²) in [5, 5.41) is 23.4. The van der Waals surface area contributed by atoms with Crippen molar-refractivity contribution in [2.75, 3.05) is 13.2 Å². The second kappa shape index (κ2) is 17.2. The molecule has 0 spiro atoms. The third-order valence-electron chi connectivity index (χ3n) is 8.79. The molecule has 2 N–H and O–H groups in total. The van der Waals surface area contributed by atoms with E-state index >= 15 is 0 Å². The van der Waals surface area contributed by atoms with Crippen molar-refractivity contribution >= 4 is 11.6 Å². The Balaban J connectivity index is 1.37. The Labute approximate surface area is 298 Å². The average molecular weight is 695 g/mol. The van der Waals surface area contributed by atoms with Crippen molar-refractivity contribution in [1.29, 1.82) is 0 Å². The van der Waals surface area contributed by atoms with Crippen LogP contribution in [0.5, 0.6) is 5.75 Å². The van der Waals surface area contributed by atoms with E-state index in [0.29, 0.717) is 18.1 Å². The first kappa shape index (κ1) is 35.8. The number of benzene rings is 5. The Morgan fingerprint density at radius 1 is 0.660 bits per heavy atom. The molecule has 0 aliphatic carbocycles. The lowest BCUT2D eigenvalue weighted by Gasteiger charge is -2.50. The molecule has 0 bridgehead atoms. The molecule has 5 aromatic carbocycles. The van der Waals surface area contributed by atoms with Crippen LogP contribution in [-0.2, 0) is 45.2 Å². The third kappa shape index (κ3) is 8.99. The van der Waals surface area contributed by atoms with Crippen molar-refractivity contribution in [3.63, 3.8) is 0 Å². The van der Waals surface area contributed by atoms with Crippen molar-refractivity contribution < 1.29 is 33.9 Å². The summed E-state index contributed by atoms with van der Waals surface area (Å²) in [4.78, 5) is 0. The standard InChI is InChI=1S/C42H43ClO7/c1-2-46-36-21-18-30(19-22-36)24-35-25-34(20-23-37(35)43)38-39(47-26-31-12-6-3-7-13-31)40(48-27-32-14-8-4-9-15-32)41(42(45,29-44)50-38)49-28-33-16-10-5-11-17-33/h3-23,25,38-41,44-45H,2,24,26-29H2,1H3/t38-,39-,40+,41-,42?/m0/s1. The smallest absolute Gasteiger partial charge is 0.219 e. The van der Waals surface area contributed by atoms with Crippen molar-refractivity contribution in [1.82, 2.24) is 0 Å². The number of aliphatic hydroxyl groups excluding tert-OH is 1. The average Bonchev–Trinajstić information content (AvgIpc) is 3.16. The highest BCUT2D eigenvalue weighted by Crippen LogP contribution is 2.43. The normalized spacial score (nSPS) is 21.9. The maximum absolute atomic E-state index is 12.1. The Hall–Kier alpha value is -4.05. The zero-order valence-electron chi connectivity index (χ0n) is 28.1. The SMILES string of the molecule is CCOc1ccc(Cc2cc([C@@H]3OC(O)(CO)[C@@H](OCc4ccccc4)[C@H](OCc4ccccc4)[C@H]3OCc3ccccc3)ccc2Cl)cc1. The van der Waals surface area contributed by atoms with Crippen LogP contribution in [0.1, 0.15) is 46.4 Å². The van der Waals surface area contributed by atoms with E-state index in [1.807, 2.05) is 140 Å². The fourth-order valence-electron chi connectivity index (χ4n) is 6.22. The van der Waals surface area contributed by atoms with Gasteiger partial charge in [-0.3, -0.25) is 0 Å². The van der Waals surface area contributed by atoms with Gasteiger partial charge in [0.2, 0.25) is 5.79 Å². The van der Waals surface area contributed by atoms with Gasteiger partial charge in [0, 0.05) is 5.02 Å². The molecule has 5 atom stereocenters. The summed E-state index contributed by atoms with van der Waals surface area (Å²) >= 11 is 6.76. The van der Waals surface area contributed by atoms with Crippen LogP contribution in [-0.4, -0.2) is 47.5 Å². The molecule has 0 amide bonds. The van der Waals surface area contributed by atoms with E-state index < -0.39 is 36.8 Å². The summed E-state index contributed by atoms with van der Waals surface area (Å²) in [7, 11) is 0. The van der Waals surface area contributed by atoms with Crippen LogP contribution in [0.15, 0.2) is 133 Å². The van der Waals surface area contributed by atoms with Gasteiger partial charge in [0.05, 0.1) is 33.0 Å². The predicted octanol–water partition coefficient (Wildman–Crippen LogP) is 7.84. The molecule has 260 valence electrons. The first-order valence-electron chi connectivity index (χ1n) is 16.9. The van der Waals surface area contributed by atoms with Gasteiger partial charge in [0.25, 0.3) is 0 Å². The molecule has 1 aliphatic heterocycles. The maximum Gasteiger partial charge on any atom is 0.219 e. The molecule has 1 saturated heterocycles. The van der Waals surface area contributed by atoms with Gasteiger partial charge >= 0.3 is 0 Å². The summed E-state index contributed by atoms with van der Waals surface area (Å²) in [5.74, 6) is -1.32. The van der Waals surface area contributed by atoms with Crippen LogP contribution in [0.2, 0.25) is 5.02 Å². The molecule has 0 radical (unpaired) electrons. The summed E-state index contributed by atoms with van der Waals surface area (Å²) < 4.78 is 31.9. The van der Waals surface area contributed by atoms with Crippen molar-refractivity contribution in [3.05, 3.63) is 172 Å². The van der Waals surface area contributed by atoms with Crippen molar-refractivity contribution in [2.24, 2.45) is 0 Å². The molecule has 1 fully saturated rings. The second-order valence-corrected chi connectivity index (χ2v) is 12.8. The van der Waals surface area contributed by atoms with Crippen LogP contribution in [0.4, 0.5) is 0 Å². The number of halogens is 1. The number of hydrogen-bond acceptors (Lipinski definition) is 7. The van der Waals surface area contributed by atoms with Crippen LogP contribution in [0, 0.1) is 0 Å². The fourth-order valence-corrected chi connectivity index (χ4v) is 6.40. The first-order valence-corrected chi connectivity index (χ1v) is 17.3. The van der Waals surface area contributed by atoms with E-state index in [4.69, 9.17) is 35.3 Å². The van der Waals surface area contributed by atoms with Crippen molar-refractivity contribution in [3.8, 4) is 5.75 Å². The Morgan fingerprint density at radius 2 is 1.20 bits per heavy atom. The number of ether oxygens (including phenoxy) is 5. The van der Waals surface area contributed by atoms with E-state index in [2.05, 4.69) is 0 Å². The molecule has 0 saturated carbocycles. The lowest BCUT2D eigenvalue weighted by Crippen LogP contribution is -2.65. The molecule has 7 nitrogen and oxygen atoms in total. The zero-order chi connectivity index (χ0) is 34.8. The zero-order valence-corrected chi connectivity index (χ0v) is 28.8. The second-order valence-electron chi connectivity index (χ2n) is 12.4. The summed E-state index contributed by atoms with van der Waals surface area (Å²) in [6, 6.07) is 42.9. The van der Waals surface area contributed by atoms with Crippen LogP contribution >= 0.6 is 11.6 Å². The molecule has 1 aliphatic rings. The number of aliphatic hydroxyl groups is 2. The van der Waals surface area contributed by atoms with Gasteiger partial charge in [-0.15, -0.1) is 0 Å². The summed E-state index contributed by atoms with van der Waals surface area (Å²) in [6.07, 6.45) is -3.02. The van der Waals surface area contributed by atoms with E-state index in [1.165, 1.54) is 0 Å². The largest absolute Gasteiger partial charge is 0.494 e. The monoisotopic (exact) mass is 694 g/mol. The van der Waals surface area contributed by atoms with Gasteiger partial charge in [0.15, 0.2) is 0 Å². The molecule has 0 aromatic heterocycles. The van der Waals surface area contributed by atoms with E-state index in [9.17, 15) is 10.2 Å². The number of rotatable bonds is 15. The Kier molecular flexibility index (Phi) is 12.3. The molecule has 6 rings (SSSR count). The first-order chi connectivity index (χ1) is 24.5. The minimum Gasteiger partial charge on any atom is -0.494 e. The van der Waals surface area contributed by atoms with Gasteiger partial charge < -0.3 is 33.9 Å². The van der Waals surface area contributed by atoms with Gasteiger partial charge in [0.1, 0.15) is 30.2 Å². The van der Waals surface area contributed by atoms with E-state index in [-0.39, 0.29) is 19.8 Å². The van der Waals surface area contributed by atoms with Gasteiger partial charge in [-0.2, -0.15) is 0 Å². The minimum atomic E-state index is -2.12. The Bertz CT molecular complexity index is 1750. The van der Waals surface area contributed by atoms with Crippen molar-refractivity contribution in [2.45, 2.75) is 63.4 Å². The number of hydrogen-bond donors (Lipinski definition) is 2. The van der Waals surface area contributed by atoms with Crippen LogP contribution in [0.25, 0.3) is 0 Å². The van der Waals surface area contributed by atoms with E-state index in [1.54, 1.807) is 0 Å². The van der Waals surface area contributed by atoms with Gasteiger partial charge in [-0.1, -0.05) is 127 Å². The van der Waals surface area contributed by atoms with Gasteiger partial charge in [-0.05, 0) is 64.9 Å². The molecule has 1 heterocycles. The highest BCUT2D eigenvalue weighted by Gasteiger charge is 2.56. The predicted molar refractivity (Wildman–Crippen MR) is 193 cm³/mol. The topological polar surface area (TPSA) is 86.6 Å². The highest BCUT2D eigenvalue weighted by molar-refractivity contribution is 6.31. The third-order valence-corrected chi connectivity index (χ3v) is 9.16. The molecular weight excluding hydrogens is 652 g/mol. The van der Waals surface area contributed by atoms with Crippen LogP contribution in [0.3, 0.4) is 0 Å². The highest BCUT2D eigenvalue weighted by atomic mass is 35.5. The van der Waals surface area contributed by atoms with E-state index in [0.717, 1.165) is 39.1 Å². The summed E-state index contributed by atoms with van der Waals surface area (Å²) in [5.41, 5.74) is 5.45. The molecule has 1 unspecified atom stereocenters. The quantitative estimate of drug-likeness (QED) is 0.116. The lowest BCUT2D eigenvalue weighted by atomic mass is 9.87. The molecule has 8 heteroatoms. The Morgan fingerprint density at radius 3 is 1.74 bits per heavy atom. The summed E-state index contributed by atoms with van der Waals surface area (Å²) in [6.45, 7) is 2.45. The molecular formula is C42H43ClO7. The van der Waals surface area contributed by atoms with Gasteiger partial charge in [-0.25, -0.2) is 0 Å². The van der Waals surface area contributed by atoms with Crippen LogP contribution < -0.4 is 4.74 Å². The minimum absolute atomic E-state index is 0.158. The maximum atomic E-state index is 12.1. The molecule has 5 aromatic rings. The fraction of sp³-hybridized carbons (Fsp3) is 0.286. The molecule has 50 heavy (non-hydrogen) atoms.